The molecule has 0 aliphatic rings. The van der Waals surface area contributed by atoms with Gasteiger partial charge in [0, 0.05) is 32.0 Å². The van der Waals surface area contributed by atoms with Gasteiger partial charge in [0.05, 0.1) is 0 Å². The Morgan fingerprint density at radius 1 is 1.18 bits per heavy atom. The predicted molar refractivity (Wildman–Crippen MR) is 90.9 cm³/mol. The number of para-hydroxylation sites is 1. The fourth-order valence-corrected chi connectivity index (χ4v) is 2.29. The zero-order valence-corrected chi connectivity index (χ0v) is 13.5. The van der Waals surface area contributed by atoms with Crippen LogP contribution in [0.1, 0.15) is 24.5 Å². The second-order valence-corrected chi connectivity index (χ2v) is 5.15. The zero-order valence-electron chi connectivity index (χ0n) is 13.5. The molecule has 0 spiro atoms. The van der Waals surface area contributed by atoms with E-state index in [1.165, 1.54) is 11.1 Å². The molecule has 0 bridgehead atoms. The Balaban J connectivity index is 2.07. The van der Waals surface area contributed by atoms with Gasteiger partial charge in [0.15, 0.2) is 0 Å². The van der Waals surface area contributed by atoms with Crippen molar-refractivity contribution < 1.29 is 4.74 Å². The fourth-order valence-electron chi connectivity index (χ4n) is 2.29. The van der Waals surface area contributed by atoms with E-state index in [1.54, 1.807) is 13.4 Å². The highest BCUT2D eigenvalue weighted by atomic mass is 16.5. The van der Waals surface area contributed by atoms with Gasteiger partial charge < -0.3 is 15.4 Å². The normalized spacial score (nSPS) is 10.5. The van der Waals surface area contributed by atoms with Crippen molar-refractivity contribution >= 4 is 17.3 Å². The standard InChI is InChI=1S/C17H24N4O/c1-4-14-8-5-7-13(2)17(14)21-16-11-15(19-12-20-16)18-9-6-10-22-3/h5,7-8,11-12H,4,6,9-10H2,1-3H3,(H2,18,19,20,21). The molecular weight excluding hydrogens is 276 g/mol. The van der Waals surface area contributed by atoms with Crippen LogP contribution in [0.4, 0.5) is 17.3 Å². The molecule has 0 aliphatic heterocycles. The topological polar surface area (TPSA) is 59.1 Å². The van der Waals surface area contributed by atoms with Crippen LogP contribution in [0, 0.1) is 6.92 Å². The molecule has 0 atom stereocenters. The number of anilines is 3. The molecule has 1 aromatic heterocycles. The van der Waals surface area contributed by atoms with E-state index < -0.39 is 0 Å². The molecule has 1 aromatic carbocycles. The molecule has 0 saturated heterocycles. The van der Waals surface area contributed by atoms with Crippen molar-refractivity contribution in [2.75, 3.05) is 30.9 Å². The van der Waals surface area contributed by atoms with Crippen molar-refractivity contribution in [3.05, 3.63) is 41.7 Å². The van der Waals surface area contributed by atoms with Crippen LogP contribution in [0.15, 0.2) is 30.6 Å². The van der Waals surface area contributed by atoms with Gasteiger partial charge in [-0.25, -0.2) is 9.97 Å². The summed E-state index contributed by atoms with van der Waals surface area (Å²) in [6.45, 7) is 5.83. The van der Waals surface area contributed by atoms with Gasteiger partial charge in [-0.1, -0.05) is 25.1 Å². The number of hydrogen-bond acceptors (Lipinski definition) is 5. The number of rotatable bonds is 8. The number of ether oxygens (including phenoxy) is 1. The summed E-state index contributed by atoms with van der Waals surface area (Å²) in [5, 5.41) is 6.70. The first kappa shape index (κ1) is 16.2. The minimum Gasteiger partial charge on any atom is -0.385 e. The summed E-state index contributed by atoms with van der Waals surface area (Å²) in [7, 11) is 1.71. The second-order valence-electron chi connectivity index (χ2n) is 5.15. The predicted octanol–water partition coefficient (Wildman–Crippen LogP) is 3.54. The number of hydrogen-bond donors (Lipinski definition) is 2. The molecule has 5 nitrogen and oxygen atoms in total. The van der Waals surface area contributed by atoms with Crippen molar-refractivity contribution in [2.45, 2.75) is 26.7 Å². The van der Waals surface area contributed by atoms with Crippen LogP contribution in [0.2, 0.25) is 0 Å². The van der Waals surface area contributed by atoms with Gasteiger partial charge >= 0.3 is 0 Å². The highest BCUT2D eigenvalue weighted by Gasteiger charge is 2.06. The van der Waals surface area contributed by atoms with Crippen molar-refractivity contribution in [3.63, 3.8) is 0 Å². The lowest BCUT2D eigenvalue weighted by Gasteiger charge is -2.14. The molecule has 5 heteroatoms. The lowest BCUT2D eigenvalue weighted by Crippen LogP contribution is -2.07. The van der Waals surface area contributed by atoms with E-state index in [0.717, 1.165) is 43.3 Å². The summed E-state index contributed by atoms with van der Waals surface area (Å²) in [5.74, 6) is 1.62. The van der Waals surface area contributed by atoms with E-state index in [9.17, 15) is 0 Å². The maximum atomic E-state index is 5.04. The van der Waals surface area contributed by atoms with E-state index in [4.69, 9.17) is 4.74 Å². The Kier molecular flexibility index (Phi) is 6.15. The number of nitrogens with zero attached hydrogens (tertiary/aromatic N) is 2. The monoisotopic (exact) mass is 300 g/mol. The van der Waals surface area contributed by atoms with E-state index in [2.05, 4.69) is 52.6 Å². The first-order valence-electron chi connectivity index (χ1n) is 7.65. The van der Waals surface area contributed by atoms with Crippen molar-refractivity contribution in [1.82, 2.24) is 9.97 Å². The van der Waals surface area contributed by atoms with Crippen molar-refractivity contribution in [3.8, 4) is 0 Å². The van der Waals surface area contributed by atoms with E-state index in [0.29, 0.717) is 0 Å². The molecular formula is C17H24N4O. The quantitative estimate of drug-likeness (QED) is 0.730. The van der Waals surface area contributed by atoms with Gasteiger partial charge in [-0.2, -0.15) is 0 Å². The SMILES string of the molecule is CCc1cccc(C)c1Nc1cc(NCCCOC)ncn1. The fraction of sp³-hybridized carbons (Fsp3) is 0.412. The molecule has 2 N–H and O–H groups in total. The zero-order chi connectivity index (χ0) is 15.8. The molecule has 0 aliphatic carbocycles. The molecule has 0 saturated carbocycles. The second kappa shape index (κ2) is 8.34. The third-order valence-corrected chi connectivity index (χ3v) is 3.49. The summed E-state index contributed by atoms with van der Waals surface area (Å²) in [6.07, 6.45) is 3.50. The van der Waals surface area contributed by atoms with Gasteiger partial charge in [0.1, 0.15) is 18.0 Å². The molecule has 0 amide bonds. The van der Waals surface area contributed by atoms with Crippen LogP contribution in [0.5, 0.6) is 0 Å². The summed E-state index contributed by atoms with van der Waals surface area (Å²) < 4.78 is 5.04. The van der Waals surface area contributed by atoms with Crippen LogP contribution in [0.25, 0.3) is 0 Å². The van der Waals surface area contributed by atoms with Crippen molar-refractivity contribution in [2.24, 2.45) is 0 Å². The maximum Gasteiger partial charge on any atom is 0.135 e. The van der Waals surface area contributed by atoms with Gasteiger partial charge in [0.2, 0.25) is 0 Å². The van der Waals surface area contributed by atoms with E-state index >= 15 is 0 Å². The molecule has 0 fully saturated rings. The highest BCUT2D eigenvalue weighted by Crippen LogP contribution is 2.25. The molecule has 0 radical (unpaired) electrons. The van der Waals surface area contributed by atoms with Gasteiger partial charge in [-0.05, 0) is 30.9 Å². The lowest BCUT2D eigenvalue weighted by atomic mass is 10.1. The summed E-state index contributed by atoms with van der Waals surface area (Å²) in [5.41, 5.74) is 3.63. The molecule has 118 valence electrons. The first-order valence-corrected chi connectivity index (χ1v) is 7.65. The van der Waals surface area contributed by atoms with Crippen LogP contribution in [-0.4, -0.2) is 30.2 Å². The molecule has 2 aromatic rings. The van der Waals surface area contributed by atoms with Crippen LogP contribution < -0.4 is 10.6 Å². The molecule has 1 heterocycles. The lowest BCUT2D eigenvalue weighted by molar-refractivity contribution is 0.198. The van der Waals surface area contributed by atoms with E-state index in [-0.39, 0.29) is 0 Å². The third-order valence-electron chi connectivity index (χ3n) is 3.49. The number of aryl methyl sites for hydroxylation is 2. The van der Waals surface area contributed by atoms with Crippen LogP contribution in [-0.2, 0) is 11.2 Å². The van der Waals surface area contributed by atoms with Gasteiger partial charge in [0.25, 0.3) is 0 Å². The highest BCUT2D eigenvalue weighted by molar-refractivity contribution is 5.66. The average molecular weight is 300 g/mol. The molecule has 0 unspecified atom stereocenters. The summed E-state index contributed by atoms with van der Waals surface area (Å²) in [6, 6.07) is 8.26. The van der Waals surface area contributed by atoms with Crippen LogP contribution >= 0.6 is 0 Å². The Labute approximate surface area is 132 Å². The Hall–Kier alpha value is -2.14. The molecule has 2 rings (SSSR count). The number of nitrogens with one attached hydrogen (secondary N) is 2. The smallest absolute Gasteiger partial charge is 0.135 e. The van der Waals surface area contributed by atoms with E-state index in [1.807, 2.05) is 6.07 Å². The number of methoxy groups -OCH3 is 1. The average Bonchev–Trinajstić information content (AvgIpc) is 2.54. The Morgan fingerprint density at radius 2 is 2.00 bits per heavy atom. The Morgan fingerprint density at radius 3 is 2.77 bits per heavy atom. The maximum absolute atomic E-state index is 5.04. The van der Waals surface area contributed by atoms with Gasteiger partial charge in [-0.15, -0.1) is 0 Å². The molecule has 22 heavy (non-hydrogen) atoms. The number of benzene rings is 1. The summed E-state index contributed by atoms with van der Waals surface area (Å²) >= 11 is 0. The largest absolute Gasteiger partial charge is 0.385 e. The third kappa shape index (κ3) is 4.43. The minimum absolute atomic E-state index is 0.742. The minimum atomic E-state index is 0.742. The van der Waals surface area contributed by atoms with Crippen LogP contribution in [0.3, 0.4) is 0 Å². The summed E-state index contributed by atoms with van der Waals surface area (Å²) in [4.78, 5) is 8.55. The Bertz CT molecular complexity index is 601. The first-order chi connectivity index (χ1) is 10.7. The van der Waals surface area contributed by atoms with Crippen molar-refractivity contribution in [1.29, 1.82) is 0 Å². The number of aromatic nitrogens is 2. The van der Waals surface area contributed by atoms with Gasteiger partial charge in [-0.3, -0.25) is 0 Å².